The number of nitrogens with zero attached hydrogens (tertiary/aromatic N) is 1. The summed E-state index contributed by atoms with van der Waals surface area (Å²) in [6, 6.07) is 9.66. The fourth-order valence-corrected chi connectivity index (χ4v) is 5.29. The Morgan fingerprint density at radius 1 is 0.929 bits per heavy atom. The fourth-order valence-electron chi connectivity index (χ4n) is 2.93. The van der Waals surface area contributed by atoms with Crippen LogP contribution in [0.5, 0.6) is 5.75 Å². The normalized spacial score (nSPS) is 12.4. The molecule has 2 aromatic carbocycles. The molecule has 0 amide bonds. The van der Waals surface area contributed by atoms with Crippen molar-refractivity contribution in [3.8, 4) is 5.75 Å². The van der Waals surface area contributed by atoms with E-state index in [0.717, 1.165) is 9.87 Å². The highest BCUT2D eigenvalue weighted by atomic mass is 32.2. The molecule has 7 nitrogen and oxygen atoms in total. The van der Waals surface area contributed by atoms with Gasteiger partial charge in [0, 0.05) is 20.6 Å². The topological polar surface area (TPSA) is 92.8 Å². The molecule has 0 aliphatic heterocycles. The molecule has 154 valence electrons. The largest absolute Gasteiger partial charge is 0.492 e. The van der Waals surface area contributed by atoms with E-state index in [1.165, 1.54) is 26.2 Å². The van der Waals surface area contributed by atoms with Gasteiger partial charge >= 0.3 is 0 Å². The van der Waals surface area contributed by atoms with Gasteiger partial charge in [-0.15, -0.1) is 0 Å². The van der Waals surface area contributed by atoms with Gasteiger partial charge in [0.15, 0.2) is 0 Å². The third-order valence-corrected chi connectivity index (χ3v) is 7.73. The number of benzene rings is 2. The first-order valence-electron chi connectivity index (χ1n) is 8.68. The zero-order valence-electron chi connectivity index (χ0n) is 16.7. The lowest BCUT2D eigenvalue weighted by atomic mass is 10.1. The van der Waals surface area contributed by atoms with Gasteiger partial charge in [-0.2, -0.15) is 0 Å². The van der Waals surface area contributed by atoms with Gasteiger partial charge in [-0.1, -0.05) is 17.7 Å². The third kappa shape index (κ3) is 5.11. The molecule has 1 N–H and O–H groups in total. The average Bonchev–Trinajstić information content (AvgIpc) is 2.57. The number of sulfonamides is 2. The minimum Gasteiger partial charge on any atom is -0.492 e. The Morgan fingerprint density at radius 3 is 1.96 bits per heavy atom. The van der Waals surface area contributed by atoms with E-state index in [2.05, 4.69) is 4.72 Å². The van der Waals surface area contributed by atoms with Crippen LogP contribution in [-0.2, 0) is 20.0 Å². The summed E-state index contributed by atoms with van der Waals surface area (Å²) >= 11 is 0. The van der Waals surface area contributed by atoms with E-state index in [4.69, 9.17) is 4.74 Å². The molecule has 0 spiro atoms. The molecule has 0 bridgehead atoms. The lowest BCUT2D eigenvalue weighted by Crippen LogP contribution is -2.29. The molecule has 0 aromatic heterocycles. The minimum absolute atomic E-state index is 0.0901. The van der Waals surface area contributed by atoms with Crippen LogP contribution in [0.15, 0.2) is 46.2 Å². The molecule has 0 saturated carbocycles. The summed E-state index contributed by atoms with van der Waals surface area (Å²) in [7, 11) is -4.21. The maximum Gasteiger partial charge on any atom is 0.242 e. The van der Waals surface area contributed by atoms with Crippen LogP contribution in [0.25, 0.3) is 0 Å². The SMILES string of the molecule is Cc1cc(C)c(S(=O)(=O)NCCOc2ccc(S(=O)(=O)N(C)C)cc2)c(C)c1. The van der Waals surface area contributed by atoms with E-state index in [0.29, 0.717) is 16.9 Å². The summed E-state index contributed by atoms with van der Waals surface area (Å²) in [5, 5.41) is 0. The standard InChI is InChI=1S/C19H26N2O5S2/c1-14-12-15(2)19(16(3)13-14)27(22,23)20-10-11-26-17-6-8-18(9-7-17)28(24,25)21(4)5/h6-9,12-13,20H,10-11H2,1-5H3. The number of ether oxygens (including phenoxy) is 1. The van der Waals surface area contributed by atoms with Gasteiger partial charge < -0.3 is 4.74 Å². The Kier molecular flexibility index (Phi) is 6.87. The minimum atomic E-state index is -3.64. The maximum atomic E-state index is 12.6. The number of hydrogen-bond acceptors (Lipinski definition) is 5. The predicted molar refractivity (Wildman–Crippen MR) is 109 cm³/mol. The number of rotatable bonds is 8. The average molecular weight is 427 g/mol. The Balaban J connectivity index is 1.98. The number of aryl methyl sites for hydroxylation is 3. The fraction of sp³-hybridized carbons (Fsp3) is 0.368. The third-order valence-electron chi connectivity index (χ3n) is 4.14. The van der Waals surface area contributed by atoms with Gasteiger partial charge in [-0.3, -0.25) is 0 Å². The summed E-state index contributed by atoms with van der Waals surface area (Å²) in [6.45, 7) is 5.67. The molecule has 0 aliphatic carbocycles. The molecule has 2 aromatic rings. The van der Waals surface area contributed by atoms with Crippen LogP contribution in [0.4, 0.5) is 0 Å². The Morgan fingerprint density at radius 2 is 1.46 bits per heavy atom. The first-order chi connectivity index (χ1) is 12.9. The van der Waals surface area contributed by atoms with Crippen molar-refractivity contribution in [3.63, 3.8) is 0 Å². The highest BCUT2D eigenvalue weighted by Gasteiger charge is 2.19. The van der Waals surface area contributed by atoms with Crippen molar-refractivity contribution >= 4 is 20.0 Å². The van der Waals surface area contributed by atoms with Crippen LogP contribution in [0.2, 0.25) is 0 Å². The number of nitrogens with one attached hydrogen (secondary N) is 1. The van der Waals surface area contributed by atoms with E-state index in [9.17, 15) is 16.8 Å². The Bertz CT molecular complexity index is 1020. The van der Waals surface area contributed by atoms with Crippen LogP contribution in [0.1, 0.15) is 16.7 Å². The van der Waals surface area contributed by atoms with Crippen LogP contribution in [0, 0.1) is 20.8 Å². The zero-order valence-corrected chi connectivity index (χ0v) is 18.3. The van der Waals surface area contributed by atoms with Crippen LogP contribution >= 0.6 is 0 Å². The van der Waals surface area contributed by atoms with E-state index in [1.54, 1.807) is 26.0 Å². The molecule has 28 heavy (non-hydrogen) atoms. The lowest BCUT2D eigenvalue weighted by Gasteiger charge is -2.14. The van der Waals surface area contributed by atoms with Gasteiger partial charge in [-0.05, 0) is 56.2 Å². The maximum absolute atomic E-state index is 12.6. The van der Waals surface area contributed by atoms with Crippen LogP contribution in [-0.4, -0.2) is 48.4 Å². The first kappa shape index (κ1) is 22.4. The predicted octanol–water partition coefficient (Wildman–Crippen LogP) is 2.22. The Labute approximate surface area is 167 Å². The van der Waals surface area contributed by atoms with Crippen molar-refractivity contribution < 1.29 is 21.6 Å². The molecule has 0 atom stereocenters. The molecule has 0 unspecified atom stereocenters. The second kappa shape index (κ2) is 8.60. The van der Waals surface area contributed by atoms with E-state index in [1.807, 2.05) is 19.1 Å². The van der Waals surface area contributed by atoms with Crippen molar-refractivity contribution in [2.75, 3.05) is 27.2 Å². The van der Waals surface area contributed by atoms with Crippen LogP contribution in [0.3, 0.4) is 0 Å². The molecule has 0 aliphatic rings. The van der Waals surface area contributed by atoms with E-state index >= 15 is 0 Å². The zero-order chi connectivity index (χ0) is 21.1. The van der Waals surface area contributed by atoms with Crippen molar-refractivity contribution in [1.82, 2.24) is 9.03 Å². The quantitative estimate of drug-likeness (QED) is 0.654. The molecular formula is C19H26N2O5S2. The summed E-state index contributed by atoms with van der Waals surface area (Å²) < 4.78 is 58.4. The number of hydrogen-bond donors (Lipinski definition) is 1. The van der Waals surface area contributed by atoms with Gasteiger partial charge in [0.1, 0.15) is 12.4 Å². The molecule has 0 fully saturated rings. The Hall–Kier alpha value is -1.94. The van der Waals surface area contributed by atoms with Gasteiger partial charge in [0.2, 0.25) is 20.0 Å². The summed E-state index contributed by atoms with van der Waals surface area (Å²) in [5.41, 5.74) is 2.41. The van der Waals surface area contributed by atoms with Crippen molar-refractivity contribution in [2.24, 2.45) is 0 Å². The summed E-state index contributed by atoms with van der Waals surface area (Å²) in [5.74, 6) is 0.458. The molecule has 0 radical (unpaired) electrons. The molecule has 0 heterocycles. The smallest absolute Gasteiger partial charge is 0.242 e. The van der Waals surface area contributed by atoms with Crippen molar-refractivity contribution in [1.29, 1.82) is 0 Å². The molecule has 9 heteroatoms. The second-order valence-electron chi connectivity index (χ2n) is 6.73. The van der Waals surface area contributed by atoms with Crippen LogP contribution < -0.4 is 9.46 Å². The van der Waals surface area contributed by atoms with Gasteiger partial charge in [0.25, 0.3) is 0 Å². The molecule has 0 saturated heterocycles. The van der Waals surface area contributed by atoms with Crippen molar-refractivity contribution in [2.45, 2.75) is 30.6 Å². The van der Waals surface area contributed by atoms with E-state index in [-0.39, 0.29) is 22.9 Å². The van der Waals surface area contributed by atoms with Gasteiger partial charge in [0.05, 0.1) is 9.79 Å². The highest BCUT2D eigenvalue weighted by Crippen LogP contribution is 2.21. The van der Waals surface area contributed by atoms with Crippen molar-refractivity contribution in [3.05, 3.63) is 53.1 Å². The lowest BCUT2D eigenvalue weighted by molar-refractivity contribution is 0.322. The van der Waals surface area contributed by atoms with E-state index < -0.39 is 20.0 Å². The first-order valence-corrected chi connectivity index (χ1v) is 11.6. The molecule has 2 rings (SSSR count). The molecular weight excluding hydrogens is 400 g/mol. The monoisotopic (exact) mass is 426 g/mol. The van der Waals surface area contributed by atoms with Gasteiger partial charge in [-0.25, -0.2) is 25.9 Å². The highest BCUT2D eigenvalue weighted by molar-refractivity contribution is 7.89. The summed E-state index contributed by atoms with van der Waals surface area (Å²) in [6.07, 6.45) is 0. The second-order valence-corrected chi connectivity index (χ2v) is 10.6. The summed E-state index contributed by atoms with van der Waals surface area (Å²) in [4.78, 5) is 0.451.